The van der Waals surface area contributed by atoms with Crippen molar-refractivity contribution < 1.29 is 4.74 Å². The molecule has 0 radical (unpaired) electrons. The van der Waals surface area contributed by atoms with Crippen molar-refractivity contribution in [3.63, 3.8) is 0 Å². The van der Waals surface area contributed by atoms with Crippen LogP contribution in [0.5, 0.6) is 0 Å². The van der Waals surface area contributed by atoms with E-state index in [4.69, 9.17) is 4.74 Å². The molecule has 148 valence electrons. The van der Waals surface area contributed by atoms with E-state index in [1.54, 1.807) is 7.05 Å². The first kappa shape index (κ1) is 23.4. The highest BCUT2D eigenvalue weighted by molar-refractivity contribution is 14.0. The SMILES string of the molecule is CN=C(NCCc1ccncc1C)NCC(C)COCc1ccccc1.I. The molecule has 6 heteroatoms. The van der Waals surface area contributed by atoms with Crippen molar-refractivity contribution in [2.75, 3.05) is 26.7 Å². The lowest BCUT2D eigenvalue weighted by Gasteiger charge is -2.16. The summed E-state index contributed by atoms with van der Waals surface area (Å²) >= 11 is 0. The number of hydrogen-bond donors (Lipinski definition) is 2. The van der Waals surface area contributed by atoms with Gasteiger partial charge in [-0.15, -0.1) is 24.0 Å². The molecule has 1 aromatic heterocycles. The van der Waals surface area contributed by atoms with Crippen LogP contribution in [-0.4, -0.2) is 37.7 Å². The van der Waals surface area contributed by atoms with E-state index in [1.807, 2.05) is 30.6 Å². The van der Waals surface area contributed by atoms with E-state index in [0.717, 1.165) is 32.1 Å². The Morgan fingerprint density at radius 2 is 1.96 bits per heavy atom. The van der Waals surface area contributed by atoms with Gasteiger partial charge in [0, 0.05) is 32.5 Å². The van der Waals surface area contributed by atoms with Crippen molar-refractivity contribution in [2.45, 2.75) is 26.9 Å². The van der Waals surface area contributed by atoms with Crippen molar-refractivity contribution in [3.8, 4) is 0 Å². The summed E-state index contributed by atoms with van der Waals surface area (Å²) in [5, 5.41) is 6.73. The lowest BCUT2D eigenvalue weighted by Crippen LogP contribution is -2.40. The minimum absolute atomic E-state index is 0. The van der Waals surface area contributed by atoms with Gasteiger partial charge in [-0.2, -0.15) is 0 Å². The molecule has 0 aliphatic heterocycles. The van der Waals surface area contributed by atoms with E-state index in [0.29, 0.717) is 12.5 Å². The number of nitrogens with one attached hydrogen (secondary N) is 2. The Hall–Kier alpha value is -1.67. The molecule has 27 heavy (non-hydrogen) atoms. The Labute approximate surface area is 180 Å². The predicted octanol–water partition coefficient (Wildman–Crippen LogP) is 3.57. The number of aromatic nitrogens is 1. The van der Waals surface area contributed by atoms with Crippen LogP contribution in [0.15, 0.2) is 53.8 Å². The molecule has 5 nitrogen and oxygen atoms in total. The summed E-state index contributed by atoms with van der Waals surface area (Å²) in [6.45, 7) is 7.29. The van der Waals surface area contributed by atoms with E-state index in [2.05, 4.69) is 52.7 Å². The Morgan fingerprint density at radius 1 is 1.19 bits per heavy atom. The Morgan fingerprint density at radius 3 is 2.67 bits per heavy atom. The van der Waals surface area contributed by atoms with Gasteiger partial charge >= 0.3 is 0 Å². The standard InChI is InChI=1S/C21H30N4O.HI/c1-17(15-26-16-19-7-5-4-6-8-19)13-25-21(22-3)24-12-10-20-9-11-23-14-18(20)2;/h4-9,11,14,17H,10,12-13,15-16H2,1-3H3,(H2,22,24,25);1H. The van der Waals surface area contributed by atoms with Gasteiger partial charge in [-0.3, -0.25) is 9.98 Å². The Kier molecular flexibility index (Phi) is 11.7. The molecule has 0 saturated carbocycles. The van der Waals surface area contributed by atoms with E-state index in [9.17, 15) is 0 Å². The van der Waals surface area contributed by atoms with Gasteiger partial charge < -0.3 is 15.4 Å². The molecule has 1 unspecified atom stereocenters. The van der Waals surface area contributed by atoms with Crippen LogP contribution in [0.3, 0.4) is 0 Å². The average molecular weight is 482 g/mol. The molecule has 0 fully saturated rings. The van der Waals surface area contributed by atoms with Gasteiger partial charge in [0.2, 0.25) is 0 Å². The molecule has 0 aliphatic rings. The van der Waals surface area contributed by atoms with Crippen LogP contribution in [-0.2, 0) is 17.8 Å². The average Bonchev–Trinajstić information content (AvgIpc) is 2.66. The zero-order chi connectivity index (χ0) is 18.6. The third-order valence-electron chi connectivity index (χ3n) is 4.18. The number of nitrogens with zero attached hydrogens (tertiary/aromatic N) is 2. The molecule has 1 heterocycles. The van der Waals surface area contributed by atoms with Gasteiger partial charge in [0.05, 0.1) is 13.2 Å². The Balaban J connectivity index is 0.00000364. The van der Waals surface area contributed by atoms with Crippen LogP contribution in [0.4, 0.5) is 0 Å². The summed E-state index contributed by atoms with van der Waals surface area (Å²) in [5.74, 6) is 1.23. The smallest absolute Gasteiger partial charge is 0.190 e. The quantitative estimate of drug-likeness (QED) is 0.326. The third kappa shape index (κ3) is 9.19. The van der Waals surface area contributed by atoms with Crippen LogP contribution >= 0.6 is 24.0 Å². The summed E-state index contributed by atoms with van der Waals surface area (Å²) in [4.78, 5) is 8.41. The molecule has 2 N–H and O–H groups in total. The summed E-state index contributed by atoms with van der Waals surface area (Å²) in [5.41, 5.74) is 3.74. The summed E-state index contributed by atoms with van der Waals surface area (Å²) in [6.07, 6.45) is 4.69. The number of ether oxygens (including phenoxy) is 1. The zero-order valence-corrected chi connectivity index (χ0v) is 18.8. The summed E-state index contributed by atoms with van der Waals surface area (Å²) in [6, 6.07) is 12.3. The van der Waals surface area contributed by atoms with Gasteiger partial charge in [0.15, 0.2) is 5.96 Å². The van der Waals surface area contributed by atoms with E-state index < -0.39 is 0 Å². The number of halogens is 1. The van der Waals surface area contributed by atoms with Gasteiger partial charge in [-0.25, -0.2) is 0 Å². The number of pyridine rings is 1. The molecular formula is C21H31IN4O. The highest BCUT2D eigenvalue weighted by Crippen LogP contribution is 2.05. The van der Waals surface area contributed by atoms with Crippen LogP contribution in [0.25, 0.3) is 0 Å². The number of hydrogen-bond acceptors (Lipinski definition) is 3. The van der Waals surface area contributed by atoms with Crippen molar-refractivity contribution in [2.24, 2.45) is 10.9 Å². The first-order chi connectivity index (χ1) is 12.7. The number of aliphatic imine (C=N–C) groups is 1. The maximum atomic E-state index is 5.79. The number of benzene rings is 1. The van der Waals surface area contributed by atoms with Gasteiger partial charge in [-0.1, -0.05) is 37.3 Å². The molecule has 0 amide bonds. The van der Waals surface area contributed by atoms with Gasteiger partial charge in [-0.05, 0) is 42.0 Å². The monoisotopic (exact) mass is 482 g/mol. The summed E-state index contributed by atoms with van der Waals surface area (Å²) < 4.78 is 5.79. The number of aryl methyl sites for hydroxylation is 1. The van der Waals surface area contributed by atoms with Crippen molar-refractivity contribution in [1.82, 2.24) is 15.6 Å². The minimum atomic E-state index is 0. The third-order valence-corrected chi connectivity index (χ3v) is 4.18. The lowest BCUT2D eigenvalue weighted by molar-refractivity contribution is 0.0931. The lowest BCUT2D eigenvalue weighted by atomic mass is 10.1. The highest BCUT2D eigenvalue weighted by atomic mass is 127. The van der Waals surface area contributed by atoms with E-state index >= 15 is 0 Å². The zero-order valence-electron chi connectivity index (χ0n) is 16.4. The molecular weight excluding hydrogens is 451 g/mol. The van der Waals surface area contributed by atoms with E-state index in [1.165, 1.54) is 16.7 Å². The fourth-order valence-corrected chi connectivity index (χ4v) is 2.60. The second-order valence-electron chi connectivity index (χ2n) is 6.54. The fourth-order valence-electron chi connectivity index (χ4n) is 2.60. The van der Waals surface area contributed by atoms with Crippen LogP contribution in [0.2, 0.25) is 0 Å². The maximum absolute atomic E-state index is 5.79. The molecule has 0 saturated heterocycles. The normalized spacial score (nSPS) is 12.2. The molecule has 0 aliphatic carbocycles. The van der Waals surface area contributed by atoms with Crippen LogP contribution in [0.1, 0.15) is 23.6 Å². The van der Waals surface area contributed by atoms with Gasteiger partial charge in [0.25, 0.3) is 0 Å². The fraction of sp³-hybridized carbons (Fsp3) is 0.429. The Bertz CT molecular complexity index is 679. The van der Waals surface area contributed by atoms with Crippen molar-refractivity contribution in [3.05, 3.63) is 65.5 Å². The first-order valence-corrected chi connectivity index (χ1v) is 9.14. The number of guanidine groups is 1. The topological polar surface area (TPSA) is 58.5 Å². The predicted molar refractivity (Wildman–Crippen MR) is 123 cm³/mol. The van der Waals surface area contributed by atoms with E-state index in [-0.39, 0.29) is 24.0 Å². The molecule has 0 spiro atoms. The van der Waals surface area contributed by atoms with Crippen LogP contribution < -0.4 is 10.6 Å². The largest absolute Gasteiger partial charge is 0.376 e. The number of rotatable bonds is 9. The minimum Gasteiger partial charge on any atom is -0.376 e. The van der Waals surface area contributed by atoms with Crippen molar-refractivity contribution >= 4 is 29.9 Å². The second-order valence-corrected chi connectivity index (χ2v) is 6.54. The van der Waals surface area contributed by atoms with Gasteiger partial charge in [0.1, 0.15) is 0 Å². The van der Waals surface area contributed by atoms with Crippen molar-refractivity contribution in [1.29, 1.82) is 0 Å². The maximum Gasteiger partial charge on any atom is 0.190 e. The highest BCUT2D eigenvalue weighted by Gasteiger charge is 2.05. The molecule has 0 bridgehead atoms. The summed E-state index contributed by atoms with van der Waals surface area (Å²) in [7, 11) is 1.80. The molecule has 2 aromatic rings. The molecule has 1 aromatic carbocycles. The molecule has 2 rings (SSSR count). The van der Waals surface area contributed by atoms with Crippen LogP contribution in [0, 0.1) is 12.8 Å². The second kappa shape index (κ2) is 13.5. The molecule has 1 atom stereocenters. The first-order valence-electron chi connectivity index (χ1n) is 9.14.